The second-order valence-corrected chi connectivity index (χ2v) is 8.36. The van der Waals surface area contributed by atoms with Gasteiger partial charge in [0, 0.05) is 32.8 Å². The van der Waals surface area contributed by atoms with E-state index in [9.17, 15) is 8.42 Å². The molecular weight excluding hydrogens is 326 g/mol. The largest absolute Gasteiger partial charge is 0.497 e. The molecule has 0 N–H and O–H groups in total. The number of nitrogens with zero attached hydrogens (tertiary/aromatic N) is 3. The Balaban J connectivity index is 1.70. The zero-order chi connectivity index (χ0) is 17.3. The highest BCUT2D eigenvalue weighted by molar-refractivity contribution is 7.89. The van der Waals surface area contributed by atoms with Crippen molar-refractivity contribution in [2.24, 2.45) is 5.92 Å². The molecule has 0 fully saturated rings. The number of fused-ring (bicyclic) bond motifs is 1. The lowest BCUT2D eigenvalue weighted by Crippen LogP contribution is -2.35. The Morgan fingerprint density at radius 3 is 2.71 bits per heavy atom. The van der Waals surface area contributed by atoms with Gasteiger partial charge in [-0.2, -0.15) is 0 Å². The van der Waals surface area contributed by atoms with Gasteiger partial charge in [-0.3, -0.25) is 0 Å². The van der Waals surface area contributed by atoms with Gasteiger partial charge in [0.05, 0.1) is 17.7 Å². The molecular formula is C17H23N3O3S. The number of methoxy groups -OCH3 is 1. The van der Waals surface area contributed by atoms with E-state index in [1.807, 2.05) is 13.1 Å². The summed E-state index contributed by atoms with van der Waals surface area (Å²) in [6.45, 7) is 3.31. The third-order valence-electron chi connectivity index (χ3n) is 4.49. The second kappa shape index (κ2) is 6.57. The zero-order valence-corrected chi connectivity index (χ0v) is 15.1. The summed E-state index contributed by atoms with van der Waals surface area (Å²) in [5.41, 5.74) is 1.02. The fourth-order valence-electron chi connectivity index (χ4n) is 3.20. The molecule has 0 saturated carbocycles. The van der Waals surface area contributed by atoms with E-state index >= 15 is 0 Å². The Kier molecular flexibility index (Phi) is 4.64. The molecule has 7 heteroatoms. The van der Waals surface area contributed by atoms with E-state index in [0.717, 1.165) is 30.9 Å². The minimum absolute atomic E-state index is 0.292. The number of aromatic nitrogens is 2. The molecule has 3 rings (SSSR count). The van der Waals surface area contributed by atoms with E-state index in [1.165, 1.54) is 4.31 Å². The molecule has 130 valence electrons. The van der Waals surface area contributed by atoms with Crippen molar-refractivity contribution in [2.45, 2.75) is 31.2 Å². The van der Waals surface area contributed by atoms with Gasteiger partial charge < -0.3 is 9.30 Å². The summed E-state index contributed by atoms with van der Waals surface area (Å²) in [6, 6.07) is 6.51. The Morgan fingerprint density at radius 1 is 1.33 bits per heavy atom. The molecule has 0 amide bonds. The number of ether oxygens (including phenoxy) is 1. The van der Waals surface area contributed by atoms with Gasteiger partial charge in [-0.1, -0.05) is 0 Å². The van der Waals surface area contributed by atoms with Crippen LogP contribution in [0.15, 0.2) is 35.4 Å². The van der Waals surface area contributed by atoms with Crippen molar-refractivity contribution in [3.8, 4) is 5.75 Å². The van der Waals surface area contributed by atoms with Crippen molar-refractivity contribution in [1.82, 2.24) is 13.9 Å². The van der Waals surface area contributed by atoms with Crippen LogP contribution in [0, 0.1) is 12.8 Å². The number of sulfonamides is 1. The monoisotopic (exact) mass is 349 g/mol. The first-order valence-electron chi connectivity index (χ1n) is 8.03. The van der Waals surface area contributed by atoms with Gasteiger partial charge in [0.1, 0.15) is 11.6 Å². The third-order valence-corrected chi connectivity index (χ3v) is 6.33. The number of hydrogen-bond acceptors (Lipinski definition) is 4. The van der Waals surface area contributed by atoms with Gasteiger partial charge >= 0.3 is 0 Å². The molecule has 0 bridgehead atoms. The average molecular weight is 349 g/mol. The van der Waals surface area contributed by atoms with Crippen LogP contribution in [-0.4, -0.2) is 43.0 Å². The third kappa shape index (κ3) is 3.32. The summed E-state index contributed by atoms with van der Waals surface area (Å²) in [6.07, 6.45) is 3.90. The quantitative estimate of drug-likeness (QED) is 0.829. The van der Waals surface area contributed by atoms with E-state index in [-0.39, 0.29) is 0 Å². The minimum atomic E-state index is -3.48. The first-order valence-corrected chi connectivity index (χ1v) is 9.47. The highest BCUT2D eigenvalue weighted by Crippen LogP contribution is 2.24. The number of rotatable bonds is 5. The molecule has 1 atom stereocenters. The Bertz CT molecular complexity index is 812. The van der Waals surface area contributed by atoms with Crippen molar-refractivity contribution >= 4 is 10.0 Å². The van der Waals surface area contributed by atoms with Crippen LogP contribution < -0.4 is 4.74 Å². The summed E-state index contributed by atoms with van der Waals surface area (Å²) in [7, 11) is -0.275. The summed E-state index contributed by atoms with van der Waals surface area (Å²) in [5, 5.41) is 0. The van der Waals surface area contributed by atoms with Crippen LogP contribution in [0.1, 0.15) is 17.9 Å². The lowest BCUT2D eigenvalue weighted by atomic mass is 10.00. The molecule has 0 saturated heterocycles. The van der Waals surface area contributed by atoms with Gasteiger partial charge in [-0.15, -0.1) is 0 Å². The number of aryl methyl sites for hydroxylation is 2. The van der Waals surface area contributed by atoms with E-state index in [0.29, 0.717) is 23.1 Å². The van der Waals surface area contributed by atoms with Crippen molar-refractivity contribution in [2.75, 3.05) is 20.7 Å². The first-order chi connectivity index (χ1) is 11.4. The average Bonchev–Trinajstić information content (AvgIpc) is 2.94. The Hall–Kier alpha value is -1.86. The van der Waals surface area contributed by atoms with Gasteiger partial charge in [0.15, 0.2) is 0 Å². The summed E-state index contributed by atoms with van der Waals surface area (Å²) >= 11 is 0. The molecule has 1 aromatic carbocycles. The van der Waals surface area contributed by atoms with Crippen LogP contribution >= 0.6 is 0 Å². The molecule has 1 aromatic heterocycles. The van der Waals surface area contributed by atoms with Crippen molar-refractivity contribution in [1.29, 1.82) is 0 Å². The maximum atomic E-state index is 12.7. The SMILES string of the molecule is COc1ccc(S(=O)(=O)N(C)CC2CCc3nc(C)cn3C2)cc1. The van der Waals surface area contributed by atoms with E-state index in [4.69, 9.17) is 4.74 Å². The molecule has 6 nitrogen and oxygen atoms in total. The van der Waals surface area contributed by atoms with Gasteiger partial charge in [0.25, 0.3) is 0 Å². The minimum Gasteiger partial charge on any atom is -0.497 e. The summed E-state index contributed by atoms with van der Waals surface area (Å²) in [5.74, 6) is 2.04. The van der Waals surface area contributed by atoms with Gasteiger partial charge in [-0.25, -0.2) is 17.7 Å². The molecule has 1 aliphatic rings. The van der Waals surface area contributed by atoms with Crippen LogP contribution in [0.25, 0.3) is 0 Å². The normalized spacial score (nSPS) is 17.8. The topological polar surface area (TPSA) is 64.4 Å². The number of hydrogen-bond donors (Lipinski definition) is 0. The highest BCUT2D eigenvalue weighted by Gasteiger charge is 2.26. The molecule has 0 radical (unpaired) electrons. The molecule has 2 aromatic rings. The molecule has 0 spiro atoms. The molecule has 0 aliphatic carbocycles. The number of benzene rings is 1. The predicted molar refractivity (Wildman–Crippen MR) is 91.6 cm³/mol. The van der Waals surface area contributed by atoms with Gasteiger partial charge in [-0.05, 0) is 43.5 Å². The van der Waals surface area contributed by atoms with Crippen molar-refractivity contribution < 1.29 is 13.2 Å². The van der Waals surface area contributed by atoms with Crippen LogP contribution in [0.5, 0.6) is 5.75 Å². The van der Waals surface area contributed by atoms with E-state index < -0.39 is 10.0 Å². The summed E-state index contributed by atoms with van der Waals surface area (Å²) < 4.78 is 34.1. The maximum absolute atomic E-state index is 12.7. The van der Waals surface area contributed by atoms with Crippen LogP contribution in [-0.2, 0) is 23.0 Å². The smallest absolute Gasteiger partial charge is 0.242 e. The lowest BCUT2D eigenvalue weighted by Gasteiger charge is -2.27. The fourth-order valence-corrected chi connectivity index (χ4v) is 4.44. The Labute approximate surface area is 143 Å². The van der Waals surface area contributed by atoms with Crippen LogP contribution in [0.3, 0.4) is 0 Å². The Morgan fingerprint density at radius 2 is 2.04 bits per heavy atom. The zero-order valence-electron chi connectivity index (χ0n) is 14.3. The first kappa shape index (κ1) is 17.0. The fraction of sp³-hybridized carbons (Fsp3) is 0.471. The van der Waals surface area contributed by atoms with E-state index in [1.54, 1.807) is 38.4 Å². The molecule has 2 heterocycles. The van der Waals surface area contributed by atoms with Crippen LogP contribution in [0.2, 0.25) is 0 Å². The second-order valence-electron chi connectivity index (χ2n) is 6.32. The highest BCUT2D eigenvalue weighted by atomic mass is 32.2. The molecule has 24 heavy (non-hydrogen) atoms. The molecule has 1 aliphatic heterocycles. The predicted octanol–water partition coefficient (Wildman–Crippen LogP) is 2.08. The maximum Gasteiger partial charge on any atom is 0.242 e. The standard InChI is InChI=1S/C17H23N3O3S/c1-13-10-20-12-14(4-9-17(20)18-13)11-19(2)24(21,22)16-7-5-15(23-3)6-8-16/h5-8,10,14H,4,9,11-12H2,1-3H3. The van der Waals surface area contributed by atoms with Crippen molar-refractivity contribution in [3.05, 3.63) is 42.0 Å². The number of imidazole rings is 1. The van der Waals surface area contributed by atoms with Crippen molar-refractivity contribution in [3.63, 3.8) is 0 Å². The van der Waals surface area contributed by atoms with E-state index in [2.05, 4.69) is 9.55 Å². The van der Waals surface area contributed by atoms with Crippen LogP contribution in [0.4, 0.5) is 0 Å². The van der Waals surface area contributed by atoms with Gasteiger partial charge in [0.2, 0.25) is 10.0 Å². The molecule has 1 unspecified atom stereocenters. The lowest BCUT2D eigenvalue weighted by molar-refractivity contribution is 0.303. The summed E-state index contributed by atoms with van der Waals surface area (Å²) in [4.78, 5) is 4.79.